The summed E-state index contributed by atoms with van der Waals surface area (Å²) in [7, 11) is 0. The van der Waals surface area contributed by atoms with Crippen LogP contribution in [0.4, 0.5) is 9.59 Å². The molecule has 4 N–H and O–H groups in total. The van der Waals surface area contributed by atoms with Crippen molar-refractivity contribution >= 4 is 12.1 Å². The second-order valence-corrected chi connectivity index (χ2v) is 9.35. The lowest BCUT2D eigenvalue weighted by atomic mass is 9.98. The van der Waals surface area contributed by atoms with Gasteiger partial charge < -0.3 is 29.9 Å². The third kappa shape index (κ3) is 5.20. The number of hydrogen-bond acceptors (Lipinski definition) is 8. The van der Waals surface area contributed by atoms with Crippen molar-refractivity contribution < 1.29 is 39.5 Å². The molecule has 2 aliphatic heterocycles. The van der Waals surface area contributed by atoms with Crippen molar-refractivity contribution in [3.8, 4) is 0 Å². The Morgan fingerprint density at radius 1 is 0.576 bits per heavy atom. The Bertz CT molecular complexity index is 631. The van der Waals surface area contributed by atoms with Crippen molar-refractivity contribution in [3.05, 3.63) is 0 Å². The molecule has 4 aliphatic rings. The molecule has 2 aliphatic carbocycles. The van der Waals surface area contributed by atoms with E-state index in [-0.39, 0.29) is 25.7 Å². The van der Waals surface area contributed by atoms with E-state index in [1.807, 2.05) is 0 Å². The molecular formula is C21H36N4O8. The summed E-state index contributed by atoms with van der Waals surface area (Å²) in [5, 5.41) is 41.5. The Kier molecular flexibility index (Phi) is 7.92. The summed E-state index contributed by atoms with van der Waals surface area (Å²) in [6, 6.07) is -1.45. The van der Waals surface area contributed by atoms with Gasteiger partial charge in [-0.1, -0.05) is 38.5 Å². The smallest absolute Gasteiger partial charge is 0.327 e. The number of aliphatic hydroxyl groups is 4. The molecular weight excluding hydrogens is 436 g/mol. The lowest BCUT2D eigenvalue weighted by Gasteiger charge is -2.28. The number of aliphatic hydroxyl groups excluding tert-OH is 4. The maximum Gasteiger partial charge on any atom is 0.327 e. The predicted molar refractivity (Wildman–Crippen MR) is 113 cm³/mol. The highest BCUT2D eigenvalue weighted by Gasteiger charge is 2.50. The molecule has 2 saturated heterocycles. The minimum Gasteiger partial charge on any atom is -0.369 e. The van der Waals surface area contributed by atoms with E-state index in [9.17, 15) is 30.0 Å². The van der Waals surface area contributed by atoms with Gasteiger partial charge in [0.05, 0.1) is 12.2 Å². The number of amides is 4. The van der Waals surface area contributed by atoms with Gasteiger partial charge in [0.15, 0.2) is 24.9 Å². The van der Waals surface area contributed by atoms with Gasteiger partial charge in [0.1, 0.15) is 20.1 Å². The molecule has 12 nitrogen and oxygen atoms in total. The molecule has 0 spiro atoms. The number of carbonyl (C=O) groups is 2. The Balaban J connectivity index is 1.33. The van der Waals surface area contributed by atoms with Gasteiger partial charge in [-0.15, -0.1) is 0 Å². The molecule has 4 rings (SSSR count). The fraction of sp³-hybridized carbons (Fsp3) is 0.905. The van der Waals surface area contributed by atoms with Crippen LogP contribution in [0.3, 0.4) is 0 Å². The quantitative estimate of drug-likeness (QED) is 0.395. The molecule has 0 bridgehead atoms. The van der Waals surface area contributed by atoms with Crippen molar-refractivity contribution in [2.24, 2.45) is 0 Å². The molecule has 188 valence electrons. The van der Waals surface area contributed by atoms with Crippen LogP contribution in [0.25, 0.3) is 0 Å². The van der Waals surface area contributed by atoms with Gasteiger partial charge in [-0.2, -0.15) is 0 Å². The Hall–Kier alpha value is -1.70. The second kappa shape index (κ2) is 10.7. The molecule has 4 unspecified atom stereocenters. The first-order chi connectivity index (χ1) is 15.9. The molecule has 0 aromatic carbocycles. The third-order valence-corrected chi connectivity index (χ3v) is 7.10. The summed E-state index contributed by atoms with van der Waals surface area (Å²) in [6.45, 7) is -0.870. The number of ether oxygens (including phenoxy) is 2. The minimum atomic E-state index is -1.61. The molecule has 0 aromatic heterocycles. The highest BCUT2D eigenvalue weighted by molar-refractivity contribution is 5.80. The molecule has 33 heavy (non-hydrogen) atoms. The molecule has 4 amide bonds. The van der Waals surface area contributed by atoms with Crippen LogP contribution in [0.2, 0.25) is 0 Å². The summed E-state index contributed by atoms with van der Waals surface area (Å²) in [5.74, 6) is 0. The monoisotopic (exact) mass is 472 g/mol. The van der Waals surface area contributed by atoms with Gasteiger partial charge in [-0.05, 0) is 25.7 Å². The summed E-state index contributed by atoms with van der Waals surface area (Å²) >= 11 is 0. The van der Waals surface area contributed by atoms with Crippen LogP contribution < -0.4 is 0 Å². The molecule has 12 heteroatoms. The normalized spacial score (nSPS) is 32.5. The van der Waals surface area contributed by atoms with Crippen LogP contribution in [-0.2, 0) is 9.47 Å². The van der Waals surface area contributed by atoms with Crippen molar-refractivity contribution in [2.75, 3.05) is 20.1 Å². The maximum absolute atomic E-state index is 12.8. The fourth-order valence-corrected chi connectivity index (χ4v) is 4.98. The first kappa shape index (κ1) is 24.4. The van der Waals surface area contributed by atoms with Crippen LogP contribution in [0.5, 0.6) is 0 Å². The topological polar surface area (TPSA) is 146 Å². The SMILES string of the molecule is O=C1N(COC2CCCCC2)C(O)C(O)N1CN1C(=O)N(COC2CCCCC2)C(O)C1O. The van der Waals surface area contributed by atoms with E-state index in [2.05, 4.69) is 0 Å². The number of carbonyl (C=O) groups excluding carboxylic acids is 2. The minimum absolute atomic E-state index is 0.000190. The standard InChI is InChI=1S/C21H36N4O8/c26-16-18(28)24(12-32-14-7-3-1-4-8-14)20(30)22(16)11-23-17(27)19(29)25(21(23)31)13-33-15-9-5-2-6-10-15/h14-19,26-29H,1-13H2. The van der Waals surface area contributed by atoms with Gasteiger partial charge in [-0.3, -0.25) is 19.6 Å². The number of urea groups is 2. The van der Waals surface area contributed by atoms with Crippen LogP contribution in [-0.4, -0.2) is 109 Å². The van der Waals surface area contributed by atoms with E-state index in [4.69, 9.17) is 9.47 Å². The third-order valence-electron chi connectivity index (χ3n) is 7.10. The van der Waals surface area contributed by atoms with E-state index in [0.717, 1.165) is 83.8 Å². The zero-order valence-corrected chi connectivity index (χ0v) is 18.9. The lowest BCUT2D eigenvalue weighted by molar-refractivity contribution is -0.121. The Labute approximate surface area is 193 Å². The maximum atomic E-state index is 12.8. The molecule has 4 fully saturated rings. The number of rotatable bonds is 8. The molecule has 2 heterocycles. The van der Waals surface area contributed by atoms with Crippen LogP contribution in [0, 0.1) is 0 Å². The summed E-state index contributed by atoms with van der Waals surface area (Å²) in [5.41, 5.74) is 0. The predicted octanol–water partition coefficient (Wildman–Crippen LogP) is 0.306. The fourth-order valence-electron chi connectivity index (χ4n) is 4.98. The van der Waals surface area contributed by atoms with Crippen molar-refractivity contribution in [1.29, 1.82) is 0 Å². The number of nitrogens with zero attached hydrogens (tertiary/aromatic N) is 4. The summed E-state index contributed by atoms with van der Waals surface area (Å²) < 4.78 is 11.5. The van der Waals surface area contributed by atoms with E-state index in [0.29, 0.717) is 0 Å². The Morgan fingerprint density at radius 3 is 1.27 bits per heavy atom. The molecule has 0 aromatic rings. The highest BCUT2D eigenvalue weighted by Crippen LogP contribution is 2.27. The van der Waals surface area contributed by atoms with Crippen LogP contribution >= 0.6 is 0 Å². The molecule has 0 radical (unpaired) electrons. The summed E-state index contributed by atoms with van der Waals surface area (Å²) in [6.07, 6.45) is 3.74. The second-order valence-electron chi connectivity index (χ2n) is 9.35. The molecule has 2 saturated carbocycles. The highest BCUT2D eigenvalue weighted by atomic mass is 16.5. The number of hydrogen-bond donors (Lipinski definition) is 4. The van der Waals surface area contributed by atoms with Gasteiger partial charge >= 0.3 is 12.1 Å². The van der Waals surface area contributed by atoms with Gasteiger partial charge in [0.25, 0.3) is 0 Å². The van der Waals surface area contributed by atoms with Crippen LogP contribution in [0.15, 0.2) is 0 Å². The van der Waals surface area contributed by atoms with E-state index >= 15 is 0 Å². The van der Waals surface area contributed by atoms with Gasteiger partial charge in [-0.25, -0.2) is 9.59 Å². The zero-order valence-electron chi connectivity index (χ0n) is 18.9. The zero-order chi connectivity index (χ0) is 23.5. The molecule has 4 atom stereocenters. The van der Waals surface area contributed by atoms with Crippen LogP contribution in [0.1, 0.15) is 64.2 Å². The first-order valence-electron chi connectivity index (χ1n) is 12.0. The first-order valence-corrected chi connectivity index (χ1v) is 12.0. The average Bonchev–Trinajstić information content (AvgIpc) is 3.16. The van der Waals surface area contributed by atoms with E-state index in [1.54, 1.807) is 0 Å². The largest absolute Gasteiger partial charge is 0.369 e. The van der Waals surface area contributed by atoms with Gasteiger partial charge in [0, 0.05) is 0 Å². The van der Waals surface area contributed by atoms with E-state index in [1.165, 1.54) is 0 Å². The lowest BCUT2D eigenvalue weighted by Crippen LogP contribution is -2.48. The van der Waals surface area contributed by atoms with E-state index < -0.39 is 43.6 Å². The van der Waals surface area contributed by atoms with Crippen molar-refractivity contribution in [2.45, 2.75) is 101 Å². The van der Waals surface area contributed by atoms with Crippen molar-refractivity contribution in [1.82, 2.24) is 19.6 Å². The van der Waals surface area contributed by atoms with Crippen molar-refractivity contribution in [3.63, 3.8) is 0 Å². The summed E-state index contributed by atoms with van der Waals surface area (Å²) in [4.78, 5) is 29.4. The average molecular weight is 473 g/mol. The van der Waals surface area contributed by atoms with Gasteiger partial charge in [0.2, 0.25) is 0 Å². The Morgan fingerprint density at radius 2 is 0.909 bits per heavy atom.